The van der Waals surface area contributed by atoms with Gasteiger partial charge in [0.05, 0.1) is 12.0 Å². The molecule has 0 aromatic heterocycles. The van der Waals surface area contributed by atoms with Crippen molar-refractivity contribution in [2.45, 2.75) is 30.7 Å². The lowest BCUT2D eigenvalue weighted by Gasteiger charge is -2.32. The number of piperidine rings is 1. The van der Waals surface area contributed by atoms with Crippen molar-refractivity contribution < 1.29 is 17.5 Å². The molecule has 8 heteroatoms. The summed E-state index contributed by atoms with van der Waals surface area (Å²) in [6.07, 6.45) is 1.74. The van der Waals surface area contributed by atoms with Gasteiger partial charge in [-0.1, -0.05) is 0 Å². The molecule has 0 spiro atoms. The smallest absolute Gasteiger partial charge is 0.243 e. The van der Waals surface area contributed by atoms with E-state index in [2.05, 4.69) is 5.32 Å². The Morgan fingerprint density at radius 2 is 2.09 bits per heavy atom. The Bertz CT molecular complexity index is 625. The molecule has 0 amide bonds. The second kappa shape index (κ2) is 7.59. The molecule has 0 bridgehead atoms. The fraction of sp³-hybridized carbons (Fsp3) is 0.571. The van der Waals surface area contributed by atoms with E-state index in [9.17, 15) is 12.8 Å². The number of likely N-dealkylation sites (N-methyl/N-ethyl adjacent to an activating group) is 1. The molecule has 126 valence electrons. The van der Waals surface area contributed by atoms with E-state index in [1.807, 2.05) is 7.05 Å². The second-order valence-corrected chi connectivity index (χ2v) is 7.10. The highest BCUT2D eigenvalue weighted by molar-refractivity contribution is 7.89. The minimum atomic E-state index is -3.69. The normalized spacial score (nSPS) is 19.5. The zero-order valence-corrected chi connectivity index (χ0v) is 14.6. The van der Waals surface area contributed by atoms with E-state index in [1.165, 1.54) is 30.5 Å². The number of benzene rings is 1. The highest BCUT2D eigenvalue weighted by atomic mass is 35.5. The van der Waals surface area contributed by atoms with Crippen LogP contribution in [0.4, 0.5) is 4.39 Å². The van der Waals surface area contributed by atoms with E-state index in [4.69, 9.17) is 4.74 Å². The van der Waals surface area contributed by atoms with Gasteiger partial charge in [0.2, 0.25) is 10.0 Å². The molecule has 1 heterocycles. The minimum absolute atomic E-state index is 0. The monoisotopic (exact) mass is 352 g/mol. The maximum absolute atomic E-state index is 14.1. The Balaban J connectivity index is 0.00000242. The van der Waals surface area contributed by atoms with E-state index in [1.54, 1.807) is 0 Å². The third-order valence-corrected chi connectivity index (χ3v) is 5.94. The second-order valence-electron chi connectivity index (χ2n) is 5.20. The summed E-state index contributed by atoms with van der Waals surface area (Å²) in [6.45, 7) is 2.34. The number of methoxy groups -OCH3 is 1. The van der Waals surface area contributed by atoms with Crippen LogP contribution in [0.1, 0.15) is 18.4 Å². The van der Waals surface area contributed by atoms with Crippen molar-refractivity contribution in [3.8, 4) is 5.75 Å². The van der Waals surface area contributed by atoms with Gasteiger partial charge >= 0.3 is 0 Å². The summed E-state index contributed by atoms with van der Waals surface area (Å²) >= 11 is 0. The average Bonchev–Trinajstić information content (AvgIpc) is 2.49. The van der Waals surface area contributed by atoms with Crippen molar-refractivity contribution in [1.82, 2.24) is 9.62 Å². The van der Waals surface area contributed by atoms with Gasteiger partial charge in [-0.05, 0) is 38.9 Å². The molecule has 1 aromatic carbocycles. The fourth-order valence-corrected chi connectivity index (χ4v) is 4.36. The molecule has 5 nitrogen and oxygen atoms in total. The number of nitrogens with zero attached hydrogens (tertiary/aromatic N) is 1. The van der Waals surface area contributed by atoms with Crippen LogP contribution < -0.4 is 10.1 Å². The number of rotatable bonds is 4. The van der Waals surface area contributed by atoms with Gasteiger partial charge in [-0.2, -0.15) is 4.31 Å². The molecular weight excluding hydrogens is 331 g/mol. The Morgan fingerprint density at radius 1 is 1.41 bits per heavy atom. The van der Waals surface area contributed by atoms with Gasteiger partial charge < -0.3 is 10.1 Å². The van der Waals surface area contributed by atoms with Crippen LogP contribution in [0.15, 0.2) is 17.0 Å². The van der Waals surface area contributed by atoms with Crippen molar-refractivity contribution in [2.75, 3.05) is 27.2 Å². The fourth-order valence-electron chi connectivity index (χ4n) is 2.62. The zero-order chi connectivity index (χ0) is 15.6. The van der Waals surface area contributed by atoms with Gasteiger partial charge in [-0.25, -0.2) is 12.8 Å². The summed E-state index contributed by atoms with van der Waals surface area (Å²) in [6, 6.07) is 2.90. The van der Waals surface area contributed by atoms with Crippen LogP contribution in [0, 0.1) is 12.7 Å². The van der Waals surface area contributed by atoms with E-state index < -0.39 is 15.8 Å². The Kier molecular flexibility index (Phi) is 6.61. The molecule has 1 N–H and O–H groups in total. The molecule has 1 saturated heterocycles. The lowest BCUT2D eigenvalue weighted by Crippen LogP contribution is -2.47. The van der Waals surface area contributed by atoms with Crippen LogP contribution in [0.5, 0.6) is 5.75 Å². The predicted molar refractivity (Wildman–Crippen MR) is 85.8 cm³/mol. The maximum Gasteiger partial charge on any atom is 0.243 e. The van der Waals surface area contributed by atoms with Gasteiger partial charge in [-0.3, -0.25) is 0 Å². The maximum atomic E-state index is 14.1. The molecule has 0 aliphatic carbocycles. The summed E-state index contributed by atoms with van der Waals surface area (Å²) in [5.41, 5.74) is 0.0981. The first-order valence-corrected chi connectivity index (χ1v) is 8.36. The lowest BCUT2D eigenvalue weighted by molar-refractivity contribution is 0.292. The Hall–Kier alpha value is -0.890. The molecule has 0 radical (unpaired) electrons. The first-order chi connectivity index (χ1) is 9.91. The summed E-state index contributed by atoms with van der Waals surface area (Å²) < 4.78 is 45.8. The molecular formula is C14H22ClFN2O3S. The molecule has 1 fully saturated rings. The van der Waals surface area contributed by atoms with Crippen LogP contribution in [0.25, 0.3) is 0 Å². The zero-order valence-electron chi connectivity index (χ0n) is 12.9. The number of hydrogen-bond donors (Lipinski definition) is 1. The van der Waals surface area contributed by atoms with Crippen LogP contribution in [0.2, 0.25) is 0 Å². The van der Waals surface area contributed by atoms with Crippen molar-refractivity contribution in [2.24, 2.45) is 0 Å². The minimum Gasteiger partial charge on any atom is -0.494 e. The molecule has 0 saturated carbocycles. The molecule has 1 unspecified atom stereocenters. The van der Waals surface area contributed by atoms with Crippen LogP contribution in [0.3, 0.4) is 0 Å². The number of halogens is 2. The van der Waals surface area contributed by atoms with E-state index in [-0.39, 0.29) is 34.7 Å². The first-order valence-electron chi connectivity index (χ1n) is 6.92. The average molecular weight is 353 g/mol. The summed E-state index contributed by atoms with van der Waals surface area (Å²) in [7, 11) is -0.512. The highest BCUT2D eigenvalue weighted by Crippen LogP contribution is 2.29. The van der Waals surface area contributed by atoms with Gasteiger partial charge in [-0.15, -0.1) is 12.4 Å². The Morgan fingerprint density at radius 3 is 2.68 bits per heavy atom. The van der Waals surface area contributed by atoms with E-state index >= 15 is 0 Å². The van der Waals surface area contributed by atoms with Crippen LogP contribution in [-0.4, -0.2) is 46.0 Å². The third-order valence-electron chi connectivity index (χ3n) is 3.93. The first kappa shape index (κ1) is 19.2. The van der Waals surface area contributed by atoms with Crippen molar-refractivity contribution >= 4 is 22.4 Å². The standard InChI is InChI=1S/C14H21FN2O3S.ClH/c1-10-13(7-6-12(20-3)14(10)15)21(18,19)17-8-4-5-11(9-17)16-2;/h6-7,11,16H,4-5,8-9H2,1-3H3;1H. The molecule has 2 rings (SSSR count). The summed E-state index contributed by atoms with van der Waals surface area (Å²) in [4.78, 5) is 0.0116. The SMILES string of the molecule is CNC1CCCN(S(=O)(=O)c2ccc(OC)c(F)c2C)C1.Cl. The highest BCUT2D eigenvalue weighted by Gasteiger charge is 2.31. The van der Waals surface area contributed by atoms with Gasteiger partial charge in [0, 0.05) is 24.7 Å². The molecule has 1 aliphatic rings. The molecule has 22 heavy (non-hydrogen) atoms. The van der Waals surface area contributed by atoms with E-state index in [0.717, 1.165) is 12.8 Å². The number of ether oxygens (including phenoxy) is 1. The van der Waals surface area contributed by atoms with Crippen molar-refractivity contribution in [3.63, 3.8) is 0 Å². The summed E-state index contributed by atoms with van der Waals surface area (Å²) in [5.74, 6) is -0.570. The van der Waals surface area contributed by atoms with Crippen LogP contribution >= 0.6 is 12.4 Å². The van der Waals surface area contributed by atoms with E-state index in [0.29, 0.717) is 13.1 Å². The van der Waals surface area contributed by atoms with Gasteiger partial charge in [0.25, 0.3) is 0 Å². The summed E-state index contributed by atoms with van der Waals surface area (Å²) in [5, 5.41) is 3.10. The molecule has 1 atom stereocenters. The van der Waals surface area contributed by atoms with Crippen LogP contribution in [-0.2, 0) is 10.0 Å². The molecule has 1 aromatic rings. The number of nitrogens with one attached hydrogen (secondary N) is 1. The lowest BCUT2D eigenvalue weighted by atomic mass is 10.1. The largest absolute Gasteiger partial charge is 0.494 e. The van der Waals surface area contributed by atoms with Crippen molar-refractivity contribution in [3.05, 3.63) is 23.5 Å². The number of hydrogen-bond acceptors (Lipinski definition) is 4. The van der Waals surface area contributed by atoms with Crippen molar-refractivity contribution in [1.29, 1.82) is 0 Å². The Labute approximate surface area is 137 Å². The van der Waals surface area contributed by atoms with Gasteiger partial charge in [0.15, 0.2) is 11.6 Å². The predicted octanol–water partition coefficient (Wildman–Crippen LogP) is 1.94. The topological polar surface area (TPSA) is 58.6 Å². The quantitative estimate of drug-likeness (QED) is 0.899. The number of sulfonamides is 1. The molecule has 1 aliphatic heterocycles. The third kappa shape index (κ3) is 3.53. The van der Waals surface area contributed by atoms with Gasteiger partial charge in [0.1, 0.15) is 0 Å².